The van der Waals surface area contributed by atoms with Crippen molar-refractivity contribution in [1.82, 2.24) is 10.3 Å². The maximum Gasteiger partial charge on any atom is 0.0412 e. The first-order chi connectivity index (χ1) is 9.79. The summed E-state index contributed by atoms with van der Waals surface area (Å²) in [6, 6.07) is 14.3. The Kier molecular flexibility index (Phi) is 3.68. The molecule has 1 aromatic heterocycles. The van der Waals surface area contributed by atoms with Gasteiger partial charge in [-0.25, -0.2) is 0 Å². The summed E-state index contributed by atoms with van der Waals surface area (Å²) in [5.74, 6) is 0. The van der Waals surface area contributed by atoms with Crippen LogP contribution in [0.4, 0.5) is 0 Å². The minimum Gasteiger partial charge on any atom is -0.316 e. The lowest BCUT2D eigenvalue weighted by Crippen LogP contribution is -2.06. The number of benzene rings is 2. The minimum atomic E-state index is 0.751. The summed E-state index contributed by atoms with van der Waals surface area (Å²) in [5, 5.41) is 6.29. The van der Waals surface area contributed by atoms with Crippen LogP contribution in [0.25, 0.3) is 21.9 Å². The zero-order chi connectivity index (χ0) is 13.9. The van der Waals surface area contributed by atoms with Gasteiger partial charge < -0.3 is 5.32 Å². The van der Waals surface area contributed by atoms with Gasteiger partial charge in [0.25, 0.3) is 0 Å². The molecule has 0 bridgehead atoms. The average molecular weight is 283 g/mol. The van der Waals surface area contributed by atoms with E-state index < -0.39 is 0 Å². The van der Waals surface area contributed by atoms with Crippen molar-refractivity contribution in [3.8, 4) is 11.1 Å². The molecule has 0 aliphatic rings. The van der Waals surface area contributed by atoms with Crippen LogP contribution in [0.2, 0.25) is 5.02 Å². The first-order valence-corrected chi connectivity index (χ1v) is 6.93. The third-order valence-corrected chi connectivity index (χ3v) is 3.65. The Hall–Kier alpha value is -1.90. The number of rotatable bonds is 3. The maximum atomic E-state index is 6.18. The van der Waals surface area contributed by atoms with Gasteiger partial charge in [0.05, 0.1) is 0 Å². The molecule has 0 atom stereocenters. The van der Waals surface area contributed by atoms with E-state index in [-0.39, 0.29) is 0 Å². The quantitative estimate of drug-likeness (QED) is 0.776. The third kappa shape index (κ3) is 2.40. The summed E-state index contributed by atoms with van der Waals surface area (Å²) < 4.78 is 0. The SMILES string of the molecule is CNCc1ccc(Cl)cc1-c1cccc2ccncc12. The van der Waals surface area contributed by atoms with Crippen molar-refractivity contribution in [2.24, 2.45) is 0 Å². The van der Waals surface area contributed by atoms with E-state index in [9.17, 15) is 0 Å². The number of pyridine rings is 1. The molecule has 100 valence electrons. The van der Waals surface area contributed by atoms with Crippen LogP contribution in [0, 0.1) is 0 Å². The van der Waals surface area contributed by atoms with Gasteiger partial charge in [-0.05, 0) is 47.3 Å². The lowest BCUT2D eigenvalue weighted by Gasteiger charge is -2.12. The lowest BCUT2D eigenvalue weighted by atomic mass is 9.95. The fourth-order valence-corrected chi connectivity index (χ4v) is 2.66. The first kappa shape index (κ1) is 13.1. The summed E-state index contributed by atoms with van der Waals surface area (Å²) in [6.07, 6.45) is 3.73. The number of aromatic nitrogens is 1. The summed E-state index contributed by atoms with van der Waals surface area (Å²) >= 11 is 6.18. The third-order valence-electron chi connectivity index (χ3n) is 3.41. The Morgan fingerprint density at radius 3 is 2.85 bits per heavy atom. The van der Waals surface area contributed by atoms with Crippen LogP contribution in [0.1, 0.15) is 5.56 Å². The highest BCUT2D eigenvalue weighted by molar-refractivity contribution is 6.31. The van der Waals surface area contributed by atoms with Gasteiger partial charge in [0.1, 0.15) is 0 Å². The molecular weight excluding hydrogens is 268 g/mol. The van der Waals surface area contributed by atoms with Crippen LogP contribution >= 0.6 is 11.6 Å². The molecule has 2 aromatic carbocycles. The normalized spacial score (nSPS) is 10.9. The van der Waals surface area contributed by atoms with Crippen molar-refractivity contribution in [2.45, 2.75) is 6.54 Å². The molecule has 3 aromatic rings. The van der Waals surface area contributed by atoms with Crippen LogP contribution < -0.4 is 5.32 Å². The Morgan fingerprint density at radius 1 is 1.10 bits per heavy atom. The molecule has 20 heavy (non-hydrogen) atoms. The van der Waals surface area contributed by atoms with Gasteiger partial charge in [0.15, 0.2) is 0 Å². The highest BCUT2D eigenvalue weighted by Crippen LogP contribution is 2.32. The molecule has 0 fully saturated rings. The van der Waals surface area contributed by atoms with E-state index in [1.165, 1.54) is 16.5 Å². The summed E-state index contributed by atoms with van der Waals surface area (Å²) in [6.45, 7) is 0.809. The summed E-state index contributed by atoms with van der Waals surface area (Å²) in [4.78, 5) is 4.25. The zero-order valence-electron chi connectivity index (χ0n) is 11.2. The minimum absolute atomic E-state index is 0.751. The largest absolute Gasteiger partial charge is 0.316 e. The van der Waals surface area contributed by atoms with Crippen molar-refractivity contribution >= 4 is 22.4 Å². The molecule has 0 spiro atoms. The number of nitrogens with one attached hydrogen (secondary N) is 1. The smallest absolute Gasteiger partial charge is 0.0412 e. The van der Waals surface area contributed by atoms with Crippen LogP contribution in [0.5, 0.6) is 0 Å². The molecule has 3 heteroatoms. The first-order valence-electron chi connectivity index (χ1n) is 6.56. The molecule has 0 saturated heterocycles. The van der Waals surface area contributed by atoms with E-state index in [0.717, 1.165) is 22.5 Å². The van der Waals surface area contributed by atoms with Gasteiger partial charge in [-0.2, -0.15) is 0 Å². The van der Waals surface area contributed by atoms with Gasteiger partial charge >= 0.3 is 0 Å². The predicted octanol–water partition coefficient (Wildman–Crippen LogP) is 4.27. The maximum absolute atomic E-state index is 6.18. The van der Waals surface area contributed by atoms with Crippen LogP contribution in [-0.4, -0.2) is 12.0 Å². The van der Waals surface area contributed by atoms with Gasteiger partial charge in [-0.1, -0.05) is 35.9 Å². The van der Waals surface area contributed by atoms with Crippen molar-refractivity contribution in [2.75, 3.05) is 7.05 Å². The van der Waals surface area contributed by atoms with E-state index >= 15 is 0 Å². The number of hydrogen-bond acceptors (Lipinski definition) is 2. The van der Waals surface area contributed by atoms with Crippen LogP contribution in [0.3, 0.4) is 0 Å². The van der Waals surface area contributed by atoms with Gasteiger partial charge in [-0.15, -0.1) is 0 Å². The van der Waals surface area contributed by atoms with E-state index in [2.05, 4.69) is 34.6 Å². The van der Waals surface area contributed by atoms with Crippen LogP contribution in [-0.2, 0) is 6.54 Å². The number of halogens is 1. The lowest BCUT2D eigenvalue weighted by molar-refractivity contribution is 0.819. The Bertz CT molecular complexity index is 748. The van der Waals surface area contributed by atoms with Crippen molar-refractivity contribution in [3.05, 3.63) is 65.4 Å². The Morgan fingerprint density at radius 2 is 2.00 bits per heavy atom. The highest BCUT2D eigenvalue weighted by Gasteiger charge is 2.09. The number of nitrogens with zero attached hydrogens (tertiary/aromatic N) is 1. The van der Waals surface area contributed by atoms with Gasteiger partial charge in [0.2, 0.25) is 0 Å². The van der Waals surface area contributed by atoms with Gasteiger partial charge in [-0.3, -0.25) is 4.98 Å². The molecule has 2 nitrogen and oxygen atoms in total. The molecule has 1 heterocycles. The highest BCUT2D eigenvalue weighted by atomic mass is 35.5. The molecule has 3 rings (SSSR count). The second-order valence-electron chi connectivity index (χ2n) is 4.73. The standard InChI is InChI=1S/C17H15ClN2/c1-19-10-13-5-6-14(18)9-16(13)15-4-2-3-12-7-8-20-11-17(12)15/h2-9,11,19H,10H2,1H3. The molecular formula is C17H15ClN2. The van der Waals surface area contributed by atoms with Crippen LogP contribution in [0.15, 0.2) is 54.9 Å². The second kappa shape index (κ2) is 5.61. The summed E-state index contributed by atoms with van der Waals surface area (Å²) in [5.41, 5.74) is 3.56. The fourth-order valence-electron chi connectivity index (χ4n) is 2.49. The number of fused-ring (bicyclic) bond motifs is 1. The van der Waals surface area contributed by atoms with Crippen molar-refractivity contribution in [1.29, 1.82) is 0 Å². The molecule has 0 unspecified atom stereocenters. The van der Waals surface area contributed by atoms with E-state index in [0.29, 0.717) is 0 Å². The topological polar surface area (TPSA) is 24.9 Å². The molecule has 0 aliphatic carbocycles. The Balaban J connectivity index is 2.27. The van der Waals surface area contributed by atoms with Crippen molar-refractivity contribution < 1.29 is 0 Å². The van der Waals surface area contributed by atoms with Gasteiger partial charge in [0, 0.05) is 29.3 Å². The molecule has 0 amide bonds. The zero-order valence-corrected chi connectivity index (χ0v) is 12.0. The monoisotopic (exact) mass is 282 g/mol. The average Bonchev–Trinajstić information content (AvgIpc) is 2.49. The molecule has 1 N–H and O–H groups in total. The van der Waals surface area contributed by atoms with Crippen molar-refractivity contribution in [3.63, 3.8) is 0 Å². The van der Waals surface area contributed by atoms with E-state index in [1.54, 1.807) is 0 Å². The molecule has 0 radical (unpaired) electrons. The molecule has 0 aliphatic heterocycles. The van der Waals surface area contributed by atoms with E-state index in [1.807, 2.05) is 37.6 Å². The van der Waals surface area contributed by atoms with E-state index in [4.69, 9.17) is 11.6 Å². The predicted molar refractivity (Wildman–Crippen MR) is 85.0 cm³/mol. The summed E-state index contributed by atoms with van der Waals surface area (Å²) in [7, 11) is 1.95. The number of hydrogen-bond donors (Lipinski definition) is 1. The molecule has 0 saturated carbocycles. The Labute approximate surface area is 123 Å². The second-order valence-corrected chi connectivity index (χ2v) is 5.17. The fraction of sp³-hybridized carbons (Fsp3) is 0.118.